The maximum Gasteiger partial charge on any atom is 0.140 e. The molecule has 0 heterocycles. The summed E-state index contributed by atoms with van der Waals surface area (Å²) in [6.45, 7) is 0. The Morgan fingerprint density at radius 2 is 1.60 bits per heavy atom. The van der Waals surface area contributed by atoms with Gasteiger partial charge in [0.1, 0.15) is 6.04 Å². The second kappa shape index (κ2) is 6.82. The Bertz CT molecular complexity index is 683. The van der Waals surface area contributed by atoms with Crippen LogP contribution in [0.15, 0.2) is 45.3 Å². The third-order valence-corrected chi connectivity index (χ3v) is 5.06. The molecule has 0 saturated heterocycles. The number of anilines is 1. The molecule has 2 rings (SSSR count). The van der Waals surface area contributed by atoms with Gasteiger partial charge >= 0.3 is 0 Å². The molecule has 1 N–H and O–H groups in total. The number of hydrogen-bond acceptors (Lipinski definition) is 2. The van der Waals surface area contributed by atoms with Crippen molar-refractivity contribution < 1.29 is 0 Å². The van der Waals surface area contributed by atoms with Crippen molar-refractivity contribution in [3.05, 3.63) is 61.0 Å². The Balaban J connectivity index is 2.26. The normalized spacial score (nSPS) is 11.8. The van der Waals surface area contributed by atoms with Gasteiger partial charge in [0, 0.05) is 14.6 Å². The van der Waals surface area contributed by atoms with E-state index in [0.29, 0.717) is 10.0 Å². The molecule has 0 amide bonds. The van der Waals surface area contributed by atoms with Crippen molar-refractivity contribution in [3.63, 3.8) is 0 Å². The first-order valence-corrected chi connectivity index (χ1v) is 7.91. The molecule has 6 heteroatoms. The zero-order chi connectivity index (χ0) is 14.7. The van der Waals surface area contributed by atoms with Gasteiger partial charge in [-0.15, -0.1) is 0 Å². The molecule has 0 radical (unpaired) electrons. The van der Waals surface area contributed by atoms with E-state index in [4.69, 9.17) is 23.2 Å². The molecule has 0 fully saturated rings. The van der Waals surface area contributed by atoms with Gasteiger partial charge < -0.3 is 5.32 Å². The van der Waals surface area contributed by atoms with Crippen molar-refractivity contribution in [1.29, 1.82) is 5.26 Å². The van der Waals surface area contributed by atoms with E-state index in [0.717, 1.165) is 20.2 Å². The number of nitrogens with one attached hydrogen (secondary N) is 1. The number of benzene rings is 2. The highest BCUT2D eigenvalue weighted by Gasteiger charge is 2.12. The van der Waals surface area contributed by atoms with Crippen LogP contribution in [-0.2, 0) is 0 Å². The van der Waals surface area contributed by atoms with Crippen LogP contribution in [0.5, 0.6) is 0 Å². The first-order chi connectivity index (χ1) is 9.51. The van der Waals surface area contributed by atoms with E-state index in [1.807, 2.05) is 24.3 Å². The van der Waals surface area contributed by atoms with Crippen LogP contribution in [-0.4, -0.2) is 0 Å². The van der Waals surface area contributed by atoms with Gasteiger partial charge in [-0.25, -0.2) is 0 Å². The van der Waals surface area contributed by atoms with Gasteiger partial charge in [0.05, 0.1) is 16.1 Å². The lowest BCUT2D eigenvalue weighted by Crippen LogP contribution is -2.08. The average Bonchev–Trinajstić information content (AvgIpc) is 2.43. The molecule has 0 aliphatic rings. The summed E-state index contributed by atoms with van der Waals surface area (Å²) < 4.78 is 1.54. The second-order valence-corrected chi connectivity index (χ2v) is 6.53. The van der Waals surface area contributed by atoms with Crippen LogP contribution in [0.25, 0.3) is 0 Å². The maximum absolute atomic E-state index is 9.33. The van der Waals surface area contributed by atoms with Gasteiger partial charge in [-0.05, 0) is 67.8 Å². The van der Waals surface area contributed by atoms with Gasteiger partial charge in [-0.3, -0.25) is 0 Å². The summed E-state index contributed by atoms with van der Waals surface area (Å²) in [5.74, 6) is 0. The number of hydrogen-bond donors (Lipinski definition) is 1. The van der Waals surface area contributed by atoms with Crippen LogP contribution in [0, 0.1) is 11.3 Å². The van der Waals surface area contributed by atoms with Crippen molar-refractivity contribution >= 4 is 60.7 Å². The number of nitrogens with zero attached hydrogens (tertiary/aromatic N) is 1. The molecule has 1 atom stereocenters. The van der Waals surface area contributed by atoms with Crippen molar-refractivity contribution in [1.82, 2.24) is 0 Å². The zero-order valence-corrected chi connectivity index (χ0v) is 14.7. The van der Waals surface area contributed by atoms with Crippen molar-refractivity contribution in [2.45, 2.75) is 6.04 Å². The average molecular weight is 435 g/mol. The lowest BCUT2D eigenvalue weighted by molar-refractivity contribution is 0.996. The summed E-state index contributed by atoms with van der Waals surface area (Å²) in [5.41, 5.74) is 1.63. The minimum absolute atomic E-state index is 0.475. The number of nitriles is 1. The summed E-state index contributed by atoms with van der Waals surface area (Å²) in [5, 5.41) is 13.7. The highest BCUT2D eigenvalue weighted by atomic mass is 79.9. The molecule has 0 bridgehead atoms. The van der Waals surface area contributed by atoms with E-state index in [2.05, 4.69) is 43.2 Å². The monoisotopic (exact) mass is 432 g/mol. The van der Waals surface area contributed by atoms with E-state index < -0.39 is 6.04 Å². The quantitative estimate of drug-likeness (QED) is 0.624. The highest BCUT2D eigenvalue weighted by Crippen LogP contribution is 2.30. The lowest BCUT2D eigenvalue weighted by atomic mass is 10.1. The standard InChI is InChI=1S/C14H8Br2Cl2N2/c15-10-5-8(1-3-12(10)17)14(7-19)20-9-2-4-13(18)11(16)6-9/h1-6,14,20H. The molecule has 102 valence electrons. The SMILES string of the molecule is N#CC(Nc1ccc(Cl)c(Br)c1)c1ccc(Cl)c(Br)c1. The molecule has 2 aromatic carbocycles. The van der Waals surface area contributed by atoms with Gasteiger partial charge in [0.25, 0.3) is 0 Å². The topological polar surface area (TPSA) is 35.8 Å². The Labute approximate surface area is 144 Å². The molecule has 1 unspecified atom stereocenters. The minimum atomic E-state index is -0.475. The highest BCUT2D eigenvalue weighted by molar-refractivity contribution is 9.10. The minimum Gasteiger partial charge on any atom is -0.366 e. The largest absolute Gasteiger partial charge is 0.366 e. The Morgan fingerprint density at radius 3 is 2.15 bits per heavy atom. The predicted molar refractivity (Wildman–Crippen MR) is 90.3 cm³/mol. The van der Waals surface area contributed by atoms with Crippen LogP contribution in [0.3, 0.4) is 0 Å². The Hall–Kier alpha value is -0.730. The molecule has 0 spiro atoms. The van der Waals surface area contributed by atoms with Crippen molar-refractivity contribution in [3.8, 4) is 6.07 Å². The van der Waals surface area contributed by atoms with Crippen molar-refractivity contribution in [2.75, 3.05) is 5.32 Å². The molecule has 20 heavy (non-hydrogen) atoms. The van der Waals surface area contributed by atoms with Gasteiger partial charge in [0.15, 0.2) is 0 Å². The summed E-state index contributed by atoms with van der Waals surface area (Å²) in [7, 11) is 0. The molecular formula is C14H8Br2Cl2N2. The van der Waals surface area contributed by atoms with Gasteiger partial charge in [-0.1, -0.05) is 29.3 Å². The first-order valence-electron chi connectivity index (χ1n) is 5.57. The van der Waals surface area contributed by atoms with Crippen LogP contribution in [0.4, 0.5) is 5.69 Å². The molecule has 2 nitrogen and oxygen atoms in total. The summed E-state index contributed by atoms with van der Waals surface area (Å²) in [6, 6.07) is 12.6. The van der Waals surface area contributed by atoms with E-state index in [9.17, 15) is 5.26 Å². The fourth-order valence-corrected chi connectivity index (χ4v) is 2.65. The summed E-state index contributed by atoms with van der Waals surface area (Å²) >= 11 is 18.6. The molecular weight excluding hydrogens is 427 g/mol. The Morgan fingerprint density at radius 1 is 1.00 bits per heavy atom. The van der Waals surface area contributed by atoms with E-state index in [1.165, 1.54) is 0 Å². The molecule has 0 saturated carbocycles. The number of halogens is 4. The maximum atomic E-state index is 9.33. The zero-order valence-electron chi connectivity index (χ0n) is 10.0. The van der Waals surface area contributed by atoms with Crippen LogP contribution >= 0.6 is 55.1 Å². The summed E-state index contributed by atoms with van der Waals surface area (Å²) in [6.07, 6.45) is 0. The first kappa shape index (κ1) is 15.7. The Kier molecular flexibility index (Phi) is 5.34. The molecule has 0 aliphatic carbocycles. The molecule has 0 aliphatic heterocycles. The predicted octanol–water partition coefficient (Wildman–Crippen LogP) is 6.20. The van der Waals surface area contributed by atoms with E-state index >= 15 is 0 Å². The fourth-order valence-electron chi connectivity index (χ4n) is 1.63. The summed E-state index contributed by atoms with van der Waals surface area (Å²) in [4.78, 5) is 0. The van der Waals surface area contributed by atoms with E-state index in [-0.39, 0.29) is 0 Å². The third kappa shape index (κ3) is 3.67. The van der Waals surface area contributed by atoms with Gasteiger partial charge in [0.2, 0.25) is 0 Å². The van der Waals surface area contributed by atoms with Gasteiger partial charge in [-0.2, -0.15) is 5.26 Å². The fraction of sp³-hybridized carbons (Fsp3) is 0.0714. The van der Waals surface area contributed by atoms with Crippen LogP contribution in [0.2, 0.25) is 10.0 Å². The lowest BCUT2D eigenvalue weighted by Gasteiger charge is -2.14. The van der Waals surface area contributed by atoms with Crippen LogP contribution < -0.4 is 5.32 Å². The van der Waals surface area contributed by atoms with Crippen LogP contribution in [0.1, 0.15) is 11.6 Å². The number of rotatable bonds is 3. The molecule has 2 aromatic rings. The molecule has 0 aromatic heterocycles. The third-order valence-electron chi connectivity index (χ3n) is 2.64. The second-order valence-electron chi connectivity index (χ2n) is 4.01. The smallest absolute Gasteiger partial charge is 0.140 e. The van der Waals surface area contributed by atoms with Crippen molar-refractivity contribution in [2.24, 2.45) is 0 Å². The van der Waals surface area contributed by atoms with E-state index in [1.54, 1.807) is 12.1 Å².